The van der Waals surface area contributed by atoms with Gasteiger partial charge in [0.1, 0.15) is 42.5 Å². The van der Waals surface area contributed by atoms with Crippen molar-refractivity contribution < 1.29 is 37.7 Å². The molecular weight excluding hydrogens is 557 g/mol. The van der Waals surface area contributed by atoms with Crippen molar-refractivity contribution >= 4 is 18.1 Å². The third kappa shape index (κ3) is 8.17. The van der Waals surface area contributed by atoms with Crippen LogP contribution in [0.2, 0.25) is 0 Å². The SMILES string of the molecule is C#CCOC(C)C(NC(=O)OC(C)(C)C)C(=O)N1CCC2C1C(Oc1ccc(F)cc1)CN2C(=O)OCc1ccccc1. The number of nitrogens with zero attached hydrogens (tertiary/aromatic N) is 2. The Morgan fingerprint density at radius 1 is 1.09 bits per heavy atom. The maximum atomic E-state index is 14.1. The van der Waals surface area contributed by atoms with E-state index in [9.17, 15) is 18.8 Å². The van der Waals surface area contributed by atoms with Crippen molar-refractivity contribution in [2.75, 3.05) is 19.7 Å². The minimum Gasteiger partial charge on any atom is -0.486 e. The molecule has 2 aromatic rings. The summed E-state index contributed by atoms with van der Waals surface area (Å²) in [5.41, 5.74) is 0.0467. The summed E-state index contributed by atoms with van der Waals surface area (Å²) in [4.78, 5) is 43.3. The van der Waals surface area contributed by atoms with Crippen molar-refractivity contribution in [2.45, 2.75) is 76.7 Å². The van der Waals surface area contributed by atoms with E-state index in [1.54, 1.807) is 37.5 Å². The van der Waals surface area contributed by atoms with E-state index in [0.29, 0.717) is 12.2 Å². The number of fused-ring (bicyclic) bond motifs is 1. The van der Waals surface area contributed by atoms with Crippen LogP contribution < -0.4 is 10.1 Å². The Hall–Kier alpha value is -4.30. The molecule has 0 aliphatic carbocycles. The monoisotopic (exact) mass is 595 g/mol. The number of alkyl carbamates (subject to hydrolysis) is 1. The van der Waals surface area contributed by atoms with Gasteiger partial charge in [-0.25, -0.2) is 14.0 Å². The molecule has 5 unspecified atom stereocenters. The van der Waals surface area contributed by atoms with Crippen LogP contribution in [0.4, 0.5) is 14.0 Å². The van der Waals surface area contributed by atoms with Gasteiger partial charge in [-0.3, -0.25) is 9.69 Å². The van der Waals surface area contributed by atoms with Gasteiger partial charge in [-0.05, 0) is 63.9 Å². The molecule has 0 spiro atoms. The highest BCUT2D eigenvalue weighted by Gasteiger charge is 2.54. The average Bonchev–Trinajstić information content (AvgIpc) is 3.55. The van der Waals surface area contributed by atoms with Gasteiger partial charge in [-0.15, -0.1) is 6.42 Å². The molecule has 5 atom stereocenters. The summed E-state index contributed by atoms with van der Waals surface area (Å²) in [7, 11) is 0. The van der Waals surface area contributed by atoms with Gasteiger partial charge in [0.2, 0.25) is 5.91 Å². The van der Waals surface area contributed by atoms with Crippen LogP contribution in [0, 0.1) is 18.2 Å². The fraction of sp³-hybridized carbons (Fsp3) is 0.469. The minimum absolute atomic E-state index is 0.0651. The molecule has 2 saturated heterocycles. The van der Waals surface area contributed by atoms with E-state index in [1.807, 2.05) is 30.3 Å². The second-order valence-electron chi connectivity index (χ2n) is 11.5. The predicted molar refractivity (Wildman–Crippen MR) is 155 cm³/mol. The zero-order valence-corrected chi connectivity index (χ0v) is 24.8. The van der Waals surface area contributed by atoms with Gasteiger partial charge in [-0.1, -0.05) is 36.3 Å². The van der Waals surface area contributed by atoms with Crippen LogP contribution in [0.25, 0.3) is 0 Å². The van der Waals surface area contributed by atoms with Gasteiger partial charge in [0, 0.05) is 6.54 Å². The van der Waals surface area contributed by atoms with Crippen LogP contribution in [0.3, 0.4) is 0 Å². The molecule has 0 saturated carbocycles. The number of carbonyl (C=O) groups is 3. The Morgan fingerprint density at radius 3 is 2.44 bits per heavy atom. The van der Waals surface area contributed by atoms with Crippen molar-refractivity contribution in [3.8, 4) is 18.1 Å². The maximum absolute atomic E-state index is 14.1. The number of carbonyl (C=O) groups excluding carboxylic acids is 3. The van der Waals surface area contributed by atoms with Gasteiger partial charge >= 0.3 is 12.2 Å². The van der Waals surface area contributed by atoms with Crippen LogP contribution in [-0.4, -0.2) is 83.5 Å². The van der Waals surface area contributed by atoms with Crippen LogP contribution in [0.1, 0.15) is 39.7 Å². The molecule has 4 rings (SSSR count). The standard InChI is InChI=1S/C32H38FN3O7/c1-6-18-40-21(2)27(34-30(38)43-32(3,4)5)29(37)35-17-16-25-28(35)26(42-24-14-12-23(33)13-15-24)19-36(25)31(39)41-20-22-10-8-7-9-11-22/h1,7-15,21,25-28H,16-20H2,2-5H3,(H,34,38). The van der Waals surface area contributed by atoms with E-state index in [2.05, 4.69) is 11.2 Å². The molecule has 0 aromatic heterocycles. The smallest absolute Gasteiger partial charge is 0.410 e. The summed E-state index contributed by atoms with van der Waals surface area (Å²) in [6.45, 7) is 7.23. The molecule has 230 valence electrons. The van der Waals surface area contributed by atoms with Crippen LogP contribution in [0.15, 0.2) is 54.6 Å². The lowest BCUT2D eigenvalue weighted by atomic mass is 10.1. The molecule has 10 nitrogen and oxygen atoms in total. The zero-order chi connectivity index (χ0) is 31.1. The zero-order valence-electron chi connectivity index (χ0n) is 24.8. The molecule has 43 heavy (non-hydrogen) atoms. The van der Waals surface area contributed by atoms with Crippen LogP contribution in [-0.2, 0) is 25.6 Å². The average molecular weight is 596 g/mol. The number of benzene rings is 2. The predicted octanol–water partition coefficient (Wildman–Crippen LogP) is 4.13. The topological polar surface area (TPSA) is 107 Å². The lowest BCUT2D eigenvalue weighted by molar-refractivity contribution is -0.139. The highest BCUT2D eigenvalue weighted by atomic mass is 19.1. The first-order valence-electron chi connectivity index (χ1n) is 14.2. The summed E-state index contributed by atoms with van der Waals surface area (Å²) in [5, 5.41) is 2.65. The van der Waals surface area contributed by atoms with Gasteiger partial charge in [-0.2, -0.15) is 0 Å². The fourth-order valence-electron chi connectivity index (χ4n) is 5.36. The summed E-state index contributed by atoms with van der Waals surface area (Å²) >= 11 is 0. The fourth-order valence-corrected chi connectivity index (χ4v) is 5.36. The molecule has 2 aromatic carbocycles. The van der Waals surface area contributed by atoms with Gasteiger partial charge in [0.25, 0.3) is 0 Å². The van der Waals surface area contributed by atoms with Crippen molar-refractivity contribution in [1.29, 1.82) is 0 Å². The van der Waals surface area contributed by atoms with E-state index in [-0.39, 0.29) is 26.3 Å². The van der Waals surface area contributed by atoms with Crippen LogP contribution in [0.5, 0.6) is 5.75 Å². The summed E-state index contributed by atoms with van der Waals surface area (Å²) < 4.78 is 36.5. The van der Waals surface area contributed by atoms with E-state index in [4.69, 9.17) is 25.4 Å². The Bertz CT molecular complexity index is 1310. The van der Waals surface area contributed by atoms with Crippen molar-refractivity contribution in [1.82, 2.24) is 15.1 Å². The molecule has 11 heteroatoms. The summed E-state index contributed by atoms with van der Waals surface area (Å²) in [5.74, 6) is 1.91. The Morgan fingerprint density at radius 2 is 1.79 bits per heavy atom. The number of amides is 3. The number of nitrogens with one attached hydrogen (secondary N) is 1. The molecule has 0 radical (unpaired) electrons. The number of rotatable bonds is 9. The lowest BCUT2D eigenvalue weighted by Crippen LogP contribution is -2.58. The molecule has 0 bridgehead atoms. The highest BCUT2D eigenvalue weighted by molar-refractivity contribution is 5.87. The van der Waals surface area contributed by atoms with Crippen molar-refractivity contribution in [3.05, 3.63) is 66.0 Å². The molecular formula is C32H38FN3O7. The first-order chi connectivity index (χ1) is 20.5. The molecule has 2 fully saturated rings. The van der Waals surface area contributed by atoms with E-state index < -0.39 is 59.8 Å². The highest BCUT2D eigenvalue weighted by Crippen LogP contribution is 2.35. The lowest BCUT2D eigenvalue weighted by Gasteiger charge is -2.34. The first-order valence-corrected chi connectivity index (χ1v) is 14.2. The van der Waals surface area contributed by atoms with E-state index in [1.165, 1.54) is 24.3 Å². The molecule has 2 aliphatic heterocycles. The van der Waals surface area contributed by atoms with Gasteiger partial charge in [0.15, 0.2) is 0 Å². The number of hydrogen-bond donors (Lipinski definition) is 1. The third-order valence-corrected chi connectivity index (χ3v) is 7.24. The Kier molecular flexibility index (Phi) is 10.1. The second kappa shape index (κ2) is 13.8. The normalized spacial score (nSPS) is 20.9. The number of likely N-dealkylation sites (tertiary alicyclic amines) is 2. The maximum Gasteiger partial charge on any atom is 0.410 e. The first kappa shape index (κ1) is 31.6. The second-order valence-corrected chi connectivity index (χ2v) is 11.5. The van der Waals surface area contributed by atoms with Gasteiger partial charge < -0.3 is 29.2 Å². The number of terminal acetylenes is 1. The number of hydrogen-bond acceptors (Lipinski definition) is 7. The number of ether oxygens (including phenoxy) is 4. The minimum atomic E-state index is -1.13. The summed E-state index contributed by atoms with van der Waals surface area (Å²) in [6, 6.07) is 12.7. The molecule has 2 heterocycles. The molecule has 1 N–H and O–H groups in total. The van der Waals surface area contributed by atoms with Crippen molar-refractivity contribution in [3.63, 3.8) is 0 Å². The Labute approximate surface area is 251 Å². The van der Waals surface area contributed by atoms with Gasteiger partial charge in [0.05, 0.1) is 24.7 Å². The number of halogens is 1. The molecule has 3 amide bonds. The largest absolute Gasteiger partial charge is 0.486 e. The quantitative estimate of drug-likeness (QED) is 0.435. The Balaban J connectivity index is 1.57. The third-order valence-electron chi connectivity index (χ3n) is 7.24. The van der Waals surface area contributed by atoms with E-state index >= 15 is 0 Å². The van der Waals surface area contributed by atoms with Crippen LogP contribution >= 0.6 is 0 Å². The van der Waals surface area contributed by atoms with E-state index in [0.717, 1.165) is 5.56 Å². The summed E-state index contributed by atoms with van der Waals surface area (Å²) in [6.07, 6.45) is 3.05. The van der Waals surface area contributed by atoms with Crippen molar-refractivity contribution in [2.24, 2.45) is 0 Å². The molecule has 2 aliphatic rings.